The molecule has 1 aliphatic rings. The standard InChI is InChI=1S/C17H26N2/c1-4-16(18)17(15-7-5-6-14(3)12-15)19-10-8-13(2)9-11-19/h5-8,12,16-17H,4,9-11,18H2,1-3H3. The maximum atomic E-state index is 6.40. The molecule has 0 saturated heterocycles. The van der Waals surface area contributed by atoms with E-state index in [2.05, 4.69) is 56.0 Å². The molecule has 1 heterocycles. The average Bonchev–Trinajstić information content (AvgIpc) is 2.41. The normalized spacial score (nSPS) is 19.9. The second kappa shape index (κ2) is 6.36. The first-order valence-corrected chi connectivity index (χ1v) is 7.33. The first-order valence-electron chi connectivity index (χ1n) is 7.33. The highest BCUT2D eigenvalue weighted by molar-refractivity contribution is 5.27. The smallest absolute Gasteiger partial charge is 0.0502 e. The maximum absolute atomic E-state index is 6.40. The first-order chi connectivity index (χ1) is 9.11. The number of rotatable bonds is 4. The molecule has 104 valence electrons. The summed E-state index contributed by atoms with van der Waals surface area (Å²) >= 11 is 0. The van der Waals surface area contributed by atoms with Crippen LogP contribution in [0.3, 0.4) is 0 Å². The minimum atomic E-state index is 0.202. The van der Waals surface area contributed by atoms with Gasteiger partial charge in [0.25, 0.3) is 0 Å². The van der Waals surface area contributed by atoms with Crippen LogP contribution in [-0.4, -0.2) is 24.0 Å². The summed E-state index contributed by atoms with van der Waals surface area (Å²) in [5.74, 6) is 0. The van der Waals surface area contributed by atoms with Gasteiger partial charge < -0.3 is 5.73 Å². The number of nitrogens with two attached hydrogens (primary N) is 1. The molecule has 1 aromatic rings. The minimum Gasteiger partial charge on any atom is -0.326 e. The summed E-state index contributed by atoms with van der Waals surface area (Å²) in [7, 11) is 0. The van der Waals surface area contributed by atoms with Gasteiger partial charge in [0.1, 0.15) is 0 Å². The SMILES string of the molecule is CCC(N)C(c1cccc(C)c1)N1CC=C(C)CC1. The van der Waals surface area contributed by atoms with Gasteiger partial charge in [-0.1, -0.05) is 48.4 Å². The Balaban J connectivity index is 2.26. The van der Waals surface area contributed by atoms with Gasteiger partial charge in [-0.2, -0.15) is 0 Å². The van der Waals surface area contributed by atoms with E-state index >= 15 is 0 Å². The molecular formula is C17H26N2. The summed E-state index contributed by atoms with van der Waals surface area (Å²) in [6.07, 6.45) is 4.52. The fourth-order valence-electron chi connectivity index (χ4n) is 2.85. The lowest BCUT2D eigenvalue weighted by Crippen LogP contribution is -2.42. The monoisotopic (exact) mass is 258 g/mol. The molecule has 0 amide bonds. The van der Waals surface area contributed by atoms with Crippen LogP contribution in [0.25, 0.3) is 0 Å². The molecule has 0 bridgehead atoms. The van der Waals surface area contributed by atoms with E-state index in [-0.39, 0.29) is 6.04 Å². The van der Waals surface area contributed by atoms with Gasteiger partial charge >= 0.3 is 0 Å². The van der Waals surface area contributed by atoms with Crippen molar-refractivity contribution in [3.05, 3.63) is 47.0 Å². The molecule has 2 atom stereocenters. The highest BCUT2D eigenvalue weighted by atomic mass is 15.2. The molecule has 0 aromatic heterocycles. The zero-order chi connectivity index (χ0) is 13.8. The van der Waals surface area contributed by atoms with Crippen LogP contribution in [0, 0.1) is 6.92 Å². The Morgan fingerprint density at radius 3 is 2.68 bits per heavy atom. The van der Waals surface area contributed by atoms with Gasteiger partial charge in [0.15, 0.2) is 0 Å². The van der Waals surface area contributed by atoms with E-state index in [4.69, 9.17) is 5.73 Å². The van der Waals surface area contributed by atoms with E-state index < -0.39 is 0 Å². The fraction of sp³-hybridized carbons (Fsp3) is 0.529. The molecule has 0 saturated carbocycles. The number of hydrogen-bond donors (Lipinski definition) is 1. The molecule has 2 heteroatoms. The van der Waals surface area contributed by atoms with Crippen LogP contribution in [0.5, 0.6) is 0 Å². The van der Waals surface area contributed by atoms with Crippen molar-refractivity contribution in [3.63, 3.8) is 0 Å². The van der Waals surface area contributed by atoms with Crippen LogP contribution in [-0.2, 0) is 0 Å². The van der Waals surface area contributed by atoms with E-state index in [0.29, 0.717) is 6.04 Å². The molecule has 0 radical (unpaired) electrons. The van der Waals surface area contributed by atoms with Crippen LogP contribution in [0.4, 0.5) is 0 Å². The zero-order valence-corrected chi connectivity index (χ0v) is 12.4. The van der Waals surface area contributed by atoms with E-state index in [1.165, 1.54) is 23.1 Å². The summed E-state index contributed by atoms with van der Waals surface area (Å²) in [6.45, 7) is 8.70. The molecule has 1 aliphatic heterocycles. The van der Waals surface area contributed by atoms with Crippen molar-refractivity contribution >= 4 is 0 Å². The van der Waals surface area contributed by atoms with Gasteiger partial charge in [0, 0.05) is 19.1 Å². The lowest BCUT2D eigenvalue weighted by Gasteiger charge is -2.37. The lowest BCUT2D eigenvalue weighted by atomic mass is 9.93. The summed E-state index contributed by atoms with van der Waals surface area (Å²) in [5, 5.41) is 0. The van der Waals surface area contributed by atoms with Crippen molar-refractivity contribution in [2.24, 2.45) is 5.73 Å². The predicted molar refractivity (Wildman–Crippen MR) is 82.1 cm³/mol. The van der Waals surface area contributed by atoms with Crippen molar-refractivity contribution < 1.29 is 0 Å². The molecule has 1 aromatic carbocycles. The van der Waals surface area contributed by atoms with Gasteiger partial charge in [-0.25, -0.2) is 0 Å². The predicted octanol–water partition coefficient (Wildman–Crippen LogP) is 3.43. The molecule has 0 fully saturated rings. The number of aryl methyl sites for hydroxylation is 1. The van der Waals surface area contributed by atoms with Crippen LogP contribution < -0.4 is 5.73 Å². The molecule has 2 rings (SSSR count). The second-order valence-electron chi connectivity index (χ2n) is 5.73. The third kappa shape index (κ3) is 3.46. The van der Waals surface area contributed by atoms with Crippen LogP contribution in [0.2, 0.25) is 0 Å². The Labute approximate surface area is 117 Å². The van der Waals surface area contributed by atoms with E-state index in [9.17, 15) is 0 Å². The average molecular weight is 258 g/mol. The van der Waals surface area contributed by atoms with E-state index in [1.54, 1.807) is 0 Å². The van der Waals surface area contributed by atoms with Crippen molar-refractivity contribution in [2.45, 2.75) is 45.7 Å². The number of hydrogen-bond acceptors (Lipinski definition) is 2. The van der Waals surface area contributed by atoms with Crippen molar-refractivity contribution in [1.29, 1.82) is 0 Å². The number of benzene rings is 1. The fourth-order valence-corrected chi connectivity index (χ4v) is 2.85. The van der Waals surface area contributed by atoms with Gasteiger partial charge in [-0.3, -0.25) is 4.90 Å². The highest BCUT2D eigenvalue weighted by Gasteiger charge is 2.26. The first kappa shape index (κ1) is 14.3. The second-order valence-corrected chi connectivity index (χ2v) is 5.73. The highest BCUT2D eigenvalue weighted by Crippen LogP contribution is 2.28. The molecule has 19 heavy (non-hydrogen) atoms. The molecule has 2 N–H and O–H groups in total. The molecule has 2 unspecified atom stereocenters. The summed E-state index contributed by atoms with van der Waals surface area (Å²) in [6, 6.07) is 9.34. The van der Waals surface area contributed by atoms with Crippen molar-refractivity contribution in [2.75, 3.05) is 13.1 Å². The Morgan fingerprint density at radius 1 is 1.32 bits per heavy atom. The number of nitrogens with zero attached hydrogens (tertiary/aromatic N) is 1. The minimum absolute atomic E-state index is 0.202. The summed E-state index contributed by atoms with van der Waals surface area (Å²) in [4.78, 5) is 2.52. The quantitative estimate of drug-likeness (QED) is 0.838. The van der Waals surface area contributed by atoms with Crippen molar-refractivity contribution in [1.82, 2.24) is 4.90 Å². The van der Waals surface area contributed by atoms with Crippen LogP contribution in [0.15, 0.2) is 35.9 Å². The third-order valence-corrected chi connectivity index (χ3v) is 4.12. The lowest BCUT2D eigenvalue weighted by molar-refractivity contribution is 0.182. The van der Waals surface area contributed by atoms with E-state index in [1.807, 2.05) is 0 Å². The Kier molecular flexibility index (Phi) is 4.78. The van der Waals surface area contributed by atoms with Crippen LogP contribution in [0.1, 0.15) is 43.9 Å². The van der Waals surface area contributed by atoms with Gasteiger partial charge in [-0.15, -0.1) is 0 Å². The van der Waals surface area contributed by atoms with Crippen molar-refractivity contribution in [3.8, 4) is 0 Å². The summed E-state index contributed by atoms with van der Waals surface area (Å²) in [5.41, 5.74) is 10.6. The maximum Gasteiger partial charge on any atom is 0.0502 e. The molecule has 0 spiro atoms. The van der Waals surface area contributed by atoms with Crippen LogP contribution >= 0.6 is 0 Å². The largest absolute Gasteiger partial charge is 0.326 e. The Hall–Kier alpha value is -1.12. The zero-order valence-electron chi connectivity index (χ0n) is 12.4. The third-order valence-electron chi connectivity index (χ3n) is 4.12. The Bertz CT molecular complexity index is 450. The van der Waals surface area contributed by atoms with Gasteiger partial charge in [-0.05, 0) is 32.3 Å². The Morgan fingerprint density at radius 2 is 2.11 bits per heavy atom. The van der Waals surface area contributed by atoms with Gasteiger partial charge in [0.2, 0.25) is 0 Å². The molecule has 0 aliphatic carbocycles. The summed E-state index contributed by atoms with van der Waals surface area (Å²) < 4.78 is 0. The van der Waals surface area contributed by atoms with E-state index in [0.717, 1.165) is 19.5 Å². The molecular weight excluding hydrogens is 232 g/mol. The topological polar surface area (TPSA) is 29.3 Å². The molecule has 2 nitrogen and oxygen atoms in total. The van der Waals surface area contributed by atoms with Gasteiger partial charge in [0.05, 0.1) is 6.04 Å².